The van der Waals surface area contributed by atoms with Crippen molar-refractivity contribution in [3.05, 3.63) is 106 Å². The lowest BCUT2D eigenvalue weighted by Crippen LogP contribution is -2.25. The molecule has 0 aliphatic heterocycles. The number of rotatable bonds is 7. The summed E-state index contributed by atoms with van der Waals surface area (Å²) in [7, 11) is 0. The van der Waals surface area contributed by atoms with Gasteiger partial charge in [0.25, 0.3) is 5.56 Å². The molecule has 3 aromatic heterocycles. The smallest absolute Gasteiger partial charge is 0.263 e. The fourth-order valence-electron chi connectivity index (χ4n) is 3.90. The Morgan fingerprint density at radius 1 is 0.971 bits per heavy atom. The number of aryl methyl sites for hydroxylation is 1. The van der Waals surface area contributed by atoms with Crippen molar-refractivity contribution in [2.24, 2.45) is 0 Å². The zero-order chi connectivity index (χ0) is 23.5. The van der Waals surface area contributed by atoms with Crippen LogP contribution in [0.3, 0.4) is 0 Å². The van der Waals surface area contributed by atoms with E-state index in [9.17, 15) is 14.0 Å². The van der Waals surface area contributed by atoms with E-state index in [0.717, 1.165) is 11.3 Å². The van der Waals surface area contributed by atoms with Gasteiger partial charge in [-0.25, -0.2) is 4.39 Å². The minimum atomic E-state index is -0.342. The largest absolute Gasteiger partial charge is 0.350 e. The van der Waals surface area contributed by atoms with Gasteiger partial charge in [-0.15, -0.1) is 10.2 Å². The summed E-state index contributed by atoms with van der Waals surface area (Å²) in [5, 5.41) is 11.9. The molecule has 5 aromatic rings. The van der Waals surface area contributed by atoms with Crippen molar-refractivity contribution in [1.82, 2.24) is 29.5 Å². The van der Waals surface area contributed by atoms with Gasteiger partial charge in [-0.2, -0.15) is 0 Å². The zero-order valence-electron chi connectivity index (χ0n) is 18.2. The van der Waals surface area contributed by atoms with Gasteiger partial charge >= 0.3 is 0 Å². The van der Waals surface area contributed by atoms with E-state index in [0.29, 0.717) is 35.5 Å². The van der Waals surface area contributed by atoms with E-state index in [1.165, 1.54) is 16.7 Å². The van der Waals surface area contributed by atoms with Crippen molar-refractivity contribution in [2.45, 2.75) is 25.9 Å². The van der Waals surface area contributed by atoms with Gasteiger partial charge in [0.15, 0.2) is 0 Å². The maximum atomic E-state index is 13.3. The topological polar surface area (TPSA) is 94.2 Å². The van der Waals surface area contributed by atoms with Crippen LogP contribution < -0.4 is 10.9 Å². The molecular weight excluding hydrogens is 435 g/mol. The summed E-state index contributed by atoms with van der Waals surface area (Å²) in [6.07, 6.45) is 2.23. The first-order valence-corrected chi connectivity index (χ1v) is 10.9. The Bertz CT molecular complexity index is 1530. The average Bonchev–Trinajstić information content (AvgIpc) is 3.30. The summed E-state index contributed by atoms with van der Waals surface area (Å²) in [6, 6.07) is 18.7. The minimum Gasteiger partial charge on any atom is -0.350 e. The van der Waals surface area contributed by atoms with E-state index >= 15 is 0 Å². The van der Waals surface area contributed by atoms with Crippen molar-refractivity contribution in [2.75, 3.05) is 0 Å². The van der Waals surface area contributed by atoms with Crippen LogP contribution in [0.5, 0.6) is 0 Å². The molecule has 0 atom stereocenters. The third-order valence-electron chi connectivity index (χ3n) is 5.60. The molecule has 0 unspecified atom stereocenters. The van der Waals surface area contributed by atoms with Gasteiger partial charge in [0, 0.05) is 19.0 Å². The highest BCUT2D eigenvalue weighted by molar-refractivity contribution is 5.80. The fourth-order valence-corrected chi connectivity index (χ4v) is 3.90. The van der Waals surface area contributed by atoms with E-state index in [1.54, 1.807) is 30.5 Å². The van der Waals surface area contributed by atoms with Crippen LogP contribution in [0.15, 0.2) is 77.7 Å². The second kappa shape index (κ2) is 9.22. The number of nitrogens with zero attached hydrogens (tertiary/aromatic N) is 5. The first-order chi connectivity index (χ1) is 16.6. The van der Waals surface area contributed by atoms with Crippen LogP contribution in [0.2, 0.25) is 0 Å². The third kappa shape index (κ3) is 4.27. The van der Waals surface area contributed by atoms with Crippen molar-refractivity contribution in [3.8, 4) is 0 Å². The molecular formula is C25H21FN6O2. The molecule has 5 rings (SSSR count). The minimum absolute atomic E-state index is 0.133. The van der Waals surface area contributed by atoms with E-state index in [1.807, 2.05) is 34.7 Å². The molecule has 34 heavy (non-hydrogen) atoms. The number of carbonyl (C=O) groups is 1. The number of nitrogens with one attached hydrogen (secondary N) is 1. The number of amides is 1. The van der Waals surface area contributed by atoms with Gasteiger partial charge in [-0.1, -0.05) is 30.3 Å². The Morgan fingerprint density at radius 2 is 1.76 bits per heavy atom. The number of benzene rings is 2. The maximum absolute atomic E-state index is 13.3. The maximum Gasteiger partial charge on any atom is 0.263 e. The molecule has 0 fully saturated rings. The zero-order valence-corrected chi connectivity index (χ0v) is 18.2. The molecule has 1 amide bonds. The predicted molar refractivity (Wildman–Crippen MR) is 125 cm³/mol. The molecule has 0 saturated heterocycles. The Labute approximate surface area is 193 Å². The predicted octanol–water partition coefficient (Wildman–Crippen LogP) is 2.88. The first-order valence-electron chi connectivity index (χ1n) is 10.9. The molecule has 3 heterocycles. The van der Waals surface area contributed by atoms with Gasteiger partial charge in [0.05, 0.1) is 29.7 Å². The summed E-state index contributed by atoms with van der Waals surface area (Å²) < 4.78 is 16.7. The van der Waals surface area contributed by atoms with Gasteiger partial charge in [0.1, 0.15) is 11.6 Å². The van der Waals surface area contributed by atoms with Crippen molar-refractivity contribution in [3.63, 3.8) is 0 Å². The molecule has 0 aliphatic rings. The number of carbonyl (C=O) groups excluding carboxylic acids is 1. The fraction of sp³-hybridized carbons (Fsp3) is 0.160. The molecule has 0 spiro atoms. The lowest BCUT2D eigenvalue weighted by molar-refractivity contribution is -0.121. The second-order valence-electron chi connectivity index (χ2n) is 7.88. The highest BCUT2D eigenvalue weighted by Crippen LogP contribution is 2.17. The van der Waals surface area contributed by atoms with Crippen molar-refractivity contribution < 1.29 is 9.18 Å². The van der Waals surface area contributed by atoms with Crippen LogP contribution in [-0.2, 0) is 24.3 Å². The molecule has 0 aliphatic carbocycles. The number of hydrogen-bond acceptors (Lipinski definition) is 5. The molecule has 0 bridgehead atoms. The Balaban J connectivity index is 1.45. The Hall–Kier alpha value is -4.40. The normalized spacial score (nSPS) is 11.2. The van der Waals surface area contributed by atoms with Gasteiger partial charge in [-0.3, -0.25) is 23.5 Å². The third-order valence-corrected chi connectivity index (χ3v) is 5.60. The molecule has 170 valence electrons. The van der Waals surface area contributed by atoms with Gasteiger partial charge < -0.3 is 5.32 Å². The van der Waals surface area contributed by atoms with E-state index in [4.69, 9.17) is 0 Å². The number of aromatic nitrogens is 5. The van der Waals surface area contributed by atoms with Crippen LogP contribution in [0.25, 0.3) is 16.7 Å². The Morgan fingerprint density at radius 3 is 2.56 bits per heavy atom. The second-order valence-corrected chi connectivity index (χ2v) is 7.88. The number of pyridine rings is 1. The van der Waals surface area contributed by atoms with Gasteiger partial charge in [0.2, 0.25) is 11.7 Å². The number of halogens is 1. The average molecular weight is 456 g/mol. The highest BCUT2D eigenvalue weighted by Gasteiger charge is 2.17. The SMILES string of the molecule is O=C(CCc1nnc2n(Cc3ccc(F)cc3)c(=O)c3ccccc3n12)NCc1ccccn1. The molecule has 8 nitrogen and oxygen atoms in total. The van der Waals surface area contributed by atoms with Crippen molar-refractivity contribution >= 4 is 22.6 Å². The molecule has 9 heteroatoms. The van der Waals surface area contributed by atoms with Crippen LogP contribution >= 0.6 is 0 Å². The van der Waals surface area contributed by atoms with Crippen LogP contribution in [-0.4, -0.2) is 30.1 Å². The number of para-hydroxylation sites is 1. The lowest BCUT2D eigenvalue weighted by atomic mass is 10.2. The summed E-state index contributed by atoms with van der Waals surface area (Å²) >= 11 is 0. The summed E-state index contributed by atoms with van der Waals surface area (Å²) in [5.74, 6) is 0.473. The standard InChI is InChI=1S/C25H21FN6O2/c26-18-10-8-17(9-11-18)16-31-24(34)20-6-1-2-7-21(20)32-22(29-30-25(31)32)12-13-23(33)28-15-19-5-3-4-14-27-19/h1-11,14H,12-13,15-16H2,(H,28,33). The highest BCUT2D eigenvalue weighted by atomic mass is 19.1. The summed E-state index contributed by atoms with van der Waals surface area (Å²) in [5.41, 5.74) is 2.00. The van der Waals surface area contributed by atoms with E-state index in [2.05, 4.69) is 20.5 Å². The number of fused-ring (bicyclic) bond motifs is 3. The van der Waals surface area contributed by atoms with Crippen molar-refractivity contribution in [1.29, 1.82) is 0 Å². The monoisotopic (exact) mass is 456 g/mol. The molecule has 1 N–H and O–H groups in total. The molecule has 0 radical (unpaired) electrons. The summed E-state index contributed by atoms with van der Waals surface area (Å²) in [6.45, 7) is 0.566. The van der Waals surface area contributed by atoms with Gasteiger partial charge in [-0.05, 0) is 42.0 Å². The quantitative estimate of drug-likeness (QED) is 0.407. The van der Waals surface area contributed by atoms with E-state index in [-0.39, 0.29) is 30.2 Å². The molecule has 2 aromatic carbocycles. The van der Waals surface area contributed by atoms with Crippen LogP contribution in [0.4, 0.5) is 4.39 Å². The first kappa shape index (κ1) is 21.4. The van der Waals surface area contributed by atoms with E-state index < -0.39 is 0 Å². The molecule has 0 saturated carbocycles. The van der Waals surface area contributed by atoms with Crippen LogP contribution in [0, 0.1) is 5.82 Å². The number of hydrogen-bond donors (Lipinski definition) is 1. The Kier molecular flexibility index (Phi) is 5.82. The summed E-state index contributed by atoms with van der Waals surface area (Å²) in [4.78, 5) is 29.9. The van der Waals surface area contributed by atoms with Crippen LogP contribution in [0.1, 0.15) is 23.5 Å². The lowest BCUT2D eigenvalue weighted by Gasteiger charge is -2.11.